The third-order valence-electron chi connectivity index (χ3n) is 2.73. The molecular weight excluding hydrogens is 272 g/mol. The molecule has 0 saturated heterocycles. The minimum absolute atomic E-state index is 0.442. The number of hydrogen-bond acceptors (Lipinski definition) is 6. The van der Waals surface area contributed by atoms with Gasteiger partial charge in [-0.3, -0.25) is 0 Å². The maximum atomic E-state index is 5.23. The highest BCUT2D eigenvalue weighted by molar-refractivity contribution is 7.15. The third-order valence-corrected chi connectivity index (χ3v) is 3.85. The summed E-state index contributed by atoms with van der Waals surface area (Å²) >= 11 is 1.66. The summed E-state index contributed by atoms with van der Waals surface area (Å²) in [5.41, 5.74) is 1.85. The van der Waals surface area contributed by atoms with Gasteiger partial charge in [0.05, 0.1) is 12.3 Å². The van der Waals surface area contributed by atoms with Crippen molar-refractivity contribution >= 4 is 11.3 Å². The number of ether oxygens (including phenoxy) is 1. The number of nitrogens with zero attached hydrogens (tertiary/aromatic N) is 3. The van der Waals surface area contributed by atoms with Crippen LogP contribution in [0.2, 0.25) is 0 Å². The molecule has 6 heteroatoms. The van der Waals surface area contributed by atoms with Gasteiger partial charge in [-0.25, -0.2) is 15.0 Å². The Kier molecular flexibility index (Phi) is 5.17. The van der Waals surface area contributed by atoms with E-state index in [2.05, 4.69) is 34.1 Å². The summed E-state index contributed by atoms with van der Waals surface area (Å²) < 4.78 is 5.23. The molecule has 0 spiro atoms. The van der Waals surface area contributed by atoms with Crippen LogP contribution in [0.4, 0.5) is 0 Å². The first-order valence-electron chi connectivity index (χ1n) is 6.61. The average molecular weight is 292 g/mol. The molecule has 0 radical (unpaired) electrons. The second-order valence-corrected chi connectivity index (χ2v) is 5.93. The van der Waals surface area contributed by atoms with E-state index < -0.39 is 0 Å². The van der Waals surface area contributed by atoms with Gasteiger partial charge in [-0.1, -0.05) is 13.8 Å². The first-order valence-corrected chi connectivity index (χ1v) is 7.42. The quantitative estimate of drug-likeness (QED) is 0.886. The summed E-state index contributed by atoms with van der Waals surface area (Å²) in [4.78, 5) is 14.4. The average Bonchev–Trinajstić information content (AvgIpc) is 2.80. The number of thiazole rings is 1. The Balaban J connectivity index is 2.28. The van der Waals surface area contributed by atoms with Crippen LogP contribution < -0.4 is 5.32 Å². The normalized spacial score (nSPS) is 11.2. The van der Waals surface area contributed by atoms with Gasteiger partial charge < -0.3 is 10.1 Å². The molecule has 2 aromatic heterocycles. The highest BCUT2D eigenvalue weighted by atomic mass is 32.1. The minimum Gasteiger partial charge on any atom is -0.378 e. The summed E-state index contributed by atoms with van der Waals surface area (Å²) in [6.07, 6.45) is 1.76. The SMILES string of the molecule is COCc1nc(-c2ccnc(C)n2)sc1CNC(C)C. The molecule has 2 aromatic rings. The molecule has 0 aliphatic heterocycles. The van der Waals surface area contributed by atoms with Crippen molar-refractivity contribution in [2.75, 3.05) is 7.11 Å². The van der Waals surface area contributed by atoms with E-state index in [1.165, 1.54) is 4.88 Å². The number of aromatic nitrogens is 3. The smallest absolute Gasteiger partial charge is 0.142 e. The van der Waals surface area contributed by atoms with E-state index in [0.29, 0.717) is 12.6 Å². The summed E-state index contributed by atoms with van der Waals surface area (Å²) in [5.74, 6) is 0.757. The zero-order valence-corrected chi connectivity index (χ0v) is 13.1. The first kappa shape index (κ1) is 15.0. The van der Waals surface area contributed by atoms with E-state index >= 15 is 0 Å². The topological polar surface area (TPSA) is 59.9 Å². The van der Waals surface area contributed by atoms with Crippen molar-refractivity contribution in [1.29, 1.82) is 0 Å². The van der Waals surface area contributed by atoms with Crippen molar-refractivity contribution in [2.24, 2.45) is 0 Å². The Hall–Kier alpha value is -1.37. The van der Waals surface area contributed by atoms with Gasteiger partial charge in [0.25, 0.3) is 0 Å². The number of hydrogen-bond donors (Lipinski definition) is 1. The van der Waals surface area contributed by atoms with Crippen molar-refractivity contribution in [3.8, 4) is 10.7 Å². The molecule has 1 N–H and O–H groups in total. The number of nitrogens with one attached hydrogen (secondary N) is 1. The minimum atomic E-state index is 0.442. The van der Waals surface area contributed by atoms with E-state index in [9.17, 15) is 0 Å². The fourth-order valence-electron chi connectivity index (χ4n) is 1.75. The van der Waals surface area contributed by atoms with Crippen molar-refractivity contribution in [3.63, 3.8) is 0 Å². The van der Waals surface area contributed by atoms with Crippen LogP contribution in [-0.2, 0) is 17.9 Å². The summed E-state index contributed by atoms with van der Waals surface area (Å²) in [5, 5.41) is 4.34. The van der Waals surface area contributed by atoms with Gasteiger partial charge in [-0.2, -0.15) is 0 Å². The van der Waals surface area contributed by atoms with E-state index in [1.807, 2.05) is 13.0 Å². The van der Waals surface area contributed by atoms with Crippen LogP contribution in [0, 0.1) is 6.92 Å². The Morgan fingerprint density at radius 1 is 1.35 bits per heavy atom. The molecule has 2 heterocycles. The van der Waals surface area contributed by atoms with Crippen LogP contribution in [0.3, 0.4) is 0 Å². The van der Waals surface area contributed by atoms with Gasteiger partial charge in [-0.05, 0) is 13.0 Å². The summed E-state index contributed by atoms with van der Waals surface area (Å²) in [7, 11) is 1.69. The molecule has 20 heavy (non-hydrogen) atoms. The molecule has 0 saturated carbocycles. The molecule has 0 fully saturated rings. The van der Waals surface area contributed by atoms with Gasteiger partial charge in [-0.15, -0.1) is 11.3 Å². The van der Waals surface area contributed by atoms with Crippen LogP contribution in [0.15, 0.2) is 12.3 Å². The fourth-order valence-corrected chi connectivity index (χ4v) is 2.74. The van der Waals surface area contributed by atoms with Gasteiger partial charge in [0, 0.05) is 30.8 Å². The van der Waals surface area contributed by atoms with Crippen LogP contribution in [0.25, 0.3) is 10.7 Å². The van der Waals surface area contributed by atoms with Crippen molar-refractivity contribution in [3.05, 3.63) is 28.7 Å². The molecule has 0 aliphatic rings. The van der Waals surface area contributed by atoms with Gasteiger partial charge >= 0.3 is 0 Å². The molecule has 0 bridgehead atoms. The molecular formula is C14H20N4OS. The van der Waals surface area contributed by atoms with Crippen LogP contribution in [0.1, 0.15) is 30.2 Å². The Morgan fingerprint density at radius 3 is 2.80 bits per heavy atom. The zero-order valence-electron chi connectivity index (χ0n) is 12.3. The number of aryl methyl sites for hydroxylation is 1. The van der Waals surface area contributed by atoms with Crippen LogP contribution in [-0.4, -0.2) is 28.1 Å². The Labute approximate surface area is 123 Å². The standard InChI is InChI=1S/C14H20N4OS/c1-9(2)16-7-13-12(8-19-4)18-14(20-13)11-5-6-15-10(3)17-11/h5-6,9,16H,7-8H2,1-4H3. The molecule has 0 aromatic carbocycles. The molecule has 0 unspecified atom stereocenters. The summed E-state index contributed by atoms with van der Waals surface area (Å²) in [6, 6.07) is 2.33. The molecule has 0 atom stereocenters. The Bertz CT molecular complexity index is 568. The third kappa shape index (κ3) is 3.82. The van der Waals surface area contributed by atoms with E-state index in [0.717, 1.165) is 28.8 Å². The van der Waals surface area contributed by atoms with E-state index in [4.69, 9.17) is 4.74 Å². The lowest BCUT2D eigenvalue weighted by Gasteiger charge is -2.07. The first-order chi connectivity index (χ1) is 9.60. The van der Waals surface area contributed by atoms with Crippen LogP contribution in [0.5, 0.6) is 0 Å². The van der Waals surface area contributed by atoms with Crippen LogP contribution >= 0.6 is 11.3 Å². The molecule has 2 rings (SSSR count). The molecule has 0 amide bonds. The lowest BCUT2D eigenvalue weighted by atomic mass is 10.3. The van der Waals surface area contributed by atoms with E-state index in [1.54, 1.807) is 24.6 Å². The molecule has 108 valence electrons. The number of methoxy groups -OCH3 is 1. The van der Waals surface area contributed by atoms with Crippen molar-refractivity contribution in [2.45, 2.75) is 40.0 Å². The second kappa shape index (κ2) is 6.88. The predicted molar refractivity (Wildman–Crippen MR) is 80.6 cm³/mol. The van der Waals surface area contributed by atoms with Crippen molar-refractivity contribution < 1.29 is 4.74 Å². The highest BCUT2D eigenvalue weighted by Crippen LogP contribution is 2.27. The van der Waals surface area contributed by atoms with Crippen molar-refractivity contribution in [1.82, 2.24) is 20.3 Å². The Morgan fingerprint density at radius 2 is 2.15 bits per heavy atom. The summed E-state index contributed by atoms with van der Waals surface area (Å²) in [6.45, 7) is 7.47. The second-order valence-electron chi connectivity index (χ2n) is 4.85. The fraction of sp³-hybridized carbons (Fsp3) is 0.500. The predicted octanol–water partition coefficient (Wildman–Crippen LogP) is 2.55. The maximum absolute atomic E-state index is 5.23. The van der Waals surface area contributed by atoms with Gasteiger partial charge in [0.1, 0.15) is 16.5 Å². The van der Waals surface area contributed by atoms with Gasteiger partial charge in [0.2, 0.25) is 0 Å². The monoisotopic (exact) mass is 292 g/mol. The van der Waals surface area contributed by atoms with E-state index in [-0.39, 0.29) is 0 Å². The zero-order chi connectivity index (χ0) is 14.5. The maximum Gasteiger partial charge on any atom is 0.142 e. The molecule has 5 nitrogen and oxygen atoms in total. The lowest BCUT2D eigenvalue weighted by molar-refractivity contribution is 0.181. The lowest BCUT2D eigenvalue weighted by Crippen LogP contribution is -2.21. The van der Waals surface area contributed by atoms with Gasteiger partial charge in [0.15, 0.2) is 0 Å². The highest BCUT2D eigenvalue weighted by Gasteiger charge is 2.13. The number of rotatable bonds is 6. The largest absolute Gasteiger partial charge is 0.378 e. The molecule has 0 aliphatic carbocycles.